The van der Waals surface area contributed by atoms with Gasteiger partial charge in [-0.2, -0.15) is 16.8 Å². The lowest BCUT2D eigenvalue weighted by molar-refractivity contribution is 0.174. The first-order valence-electron chi connectivity index (χ1n) is 4.24. The van der Waals surface area contributed by atoms with Crippen molar-refractivity contribution in [2.24, 2.45) is 0 Å². The van der Waals surface area contributed by atoms with E-state index in [0.717, 1.165) is 6.07 Å². The van der Waals surface area contributed by atoms with Crippen molar-refractivity contribution in [2.45, 2.75) is 23.3 Å². The molecule has 0 saturated heterocycles. The van der Waals surface area contributed by atoms with Crippen LogP contribution in [0, 0.1) is 6.92 Å². The van der Waals surface area contributed by atoms with E-state index in [1.807, 2.05) is 0 Å². The fraction of sp³-hybridized carbons (Fsp3) is 0.250. The molecule has 0 amide bonds. The van der Waals surface area contributed by atoms with Crippen molar-refractivity contribution in [3.8, 4) is 0 Å². The summed E-state index contributed by atoms with van der Waals surface area (Å²) >= 11 is 0. The molecule has 1 aromatic carbocycles. The first-order valence-corrected chi connectivity index (χ1v) is 7.12. The molecule has 9 heteroatoms. The maximum atomic E-state index is 10.9. The Morgan fingerprint density at radius 2 is 1.47 bits per heavy atom. The van der Waals surface area contributed by atoms with Gasteiger partial charge in [0.15, 0.2) is 0 Å². The largest absolute Gasteiger partial charge is 0.294 e. The van der Waals surface area contributed by atoms with Gasteiger partial charge in [-0.15, -0.1) is 0 Å². The van der Waals surface area contributed by atoms with Crippen LogP contribution in [0.4, 0.5) is 0 Å². The molecule has 1 rings (SSSR count). The molecule has 0 atom stereocenters. The molecule has 7 nitrogen and oxygen atoms in total. The van der Waals surface area contributed by atoms with E-state index in [0.29, 0.717) is 6.07 Å². The summed E-state index contributed by atoms with van der Waals surface area (Å²) in [5.74, 6) is 0. The molecule has 0 aromatic heterocycles. The van der Waals surface area contributed by atoms with Gasteiger partial charge in [-0.05, 0) is 18.6 Å². The number of rotatable bonds is 3. The third-order valence-electron chi connectivity index (χ3n) is 2.07. The highest BCUT2D eigenvalue weighted by molar-refractivity contribution is 7.86. The Morgan fingerprint density at radius 1 is 1.00 bits per heavy atom. The Morgan fingerprint density at radius 3 is 1.82 bits per heavy atom. The summed E-state index contributed by atoms with van der Waals surface area (Å²) in [6, 6.07) is 1.56. The van der Waals surface area contributed by atoms with Gasteiger partial charge in [0.1, 0.15) is 11.5 Å². The molecular weight excluding hydrogens is 272 g/mol. The van der Waals surface area contributed by atoms with E-state index in [2.05, 4.69) is 0 Å². The van der Waals surface area contributed by atoms with Crippen LogP contribution in [0.15, 0.2) is 21.9 Å². The van der Waals surface area contributed by atoms with Gasteiger partial charge in [-0.25, -0.2) is 5.11 Å². The molecule has 0 aliphatic carbocycles. The maximum absolute atomic E-state index is 10.9. The Labute approximate surface area is 98.2 Å². The van der Waals surface area contributed by atoms with Gasteiger partial charge in [0.05, 0.1) is 4.90 Å². The highest BCUT2D eigenvalue weighted by atomic mass is 32.2. The van der Waals surface area contributed by atoms with Crippen molar-refractivity contribution in [3.63, 3.8) is 0 Å². The first-order chi connectivity index (χ1) is 7.57. The van der Waals surface area contributed by atoms with Gasteiger partial charge < -0.3 is 0 Å². The van der Waals surface area contributed by atoms with Crippen molar-refractivity contribution in [2.75, 3.05) is 0 Å². The summed E-state index contributed by atoms with van der Waals surface area (Å²) in [4.78, 5) is -1.48. The molecule has 2 N–H and O–H groups in total. The molecular formula is C8H9O7S2. The third-order valence-corrected chi connectivity index (χ3v) is 4.00. The van der Waals surface area contributed by atoms with E-state index in [-0.39, 0.29) is 11.1 Å². The van der Waals surface area contributed by atoms with Crippen molar-refractivity contribution in [1.82, 2.24) is 0 Å². The smallest absolute Gasteiger partial charge is 0.282 e. The zero-order valence-electron chi connectivity index (χ0n) is 8.61. The molecule has 0 spiro atoms. The van der Waals surface area contributed by atoms with Gasteiger partial charge in [0.2, 0.25) is 0 Å². The standard InChI is InChI=1S/C8H9O7S2/c1-5-2-6(4-9)8(17(13,14)15)3-7(5)16(10,11)12/h2-3H,4H2,1H3,(H,10,11,12)(H,13,14,15). The zero-order chi connectivity index (χ0) is 13.4. The highest BCUT2D eigenvalue weighted by Gasteiger charge is 2.22. The van der Waals surface area contributed by atoms with E-state index in [9.17, 15) is 21.9 Å². The van der Waals surface area contributed by atoms with E-state index in [1.165, 1.54) is 6.92 Å². The van der Waals surface area contributed by atoms with E-state index >= 15 is 0 Å². The summed E-state index contributed by atoms with van der Waals surface area (Å²) in [6.07, 6.45) is 0. The van der Waals surface area contributed by atoms with E-state index in [4.69, 9.17) is 9.11 Å². The zero-order valence-corrected chi connectivity index (χ0v) is 10.2. The summed E-state index contributed by atoms with van der Waals surface area (Å²) in [5.41, 5.74) is -0.247. The lowest BCUT2D eigenvalue weighted by Gasteiger charge is -2.08. The predicted octanol–water partition coefficient (Wildman–Crippen LogP) is 0.419. The fourth-order valence-corrected chi connectivity index (χ4v) is 2.88. The summed E-state index contributed by atoms with van der Waals surface area (Å²) in [6.45, 7) is 0.345. The Hall–Kier alpha value is -1.00. The molecule has 0 bridgehead atoms. The number of aryl methyl sites for hydroxylation is 1. The van der Waals surface area contributed by atoms with Crippen LogP contribution in [0.5, 0.6) is 0 Å². The van der Waals surface area contributed by atoms with Crippen molar-refractivity contribution >= 4 is 20.2 Å². The monoisotopic (exact) mass is 281 g/mol. The van der Waals surface area contributed by atoms with E-state index < -0.39 is 36.6 Å². The molecule has 0 aliphatic heterocycles. The predicted molar refractivity (Wildman–Crippen MR) is 55.2 cm³/mol. The molecule has 17 heavy (non-hydrogen) atoms. The van der Waals surface area contributed by atoms with Crippen LogP contribution in [0.3, 0.4) is 0 Å². The van der Waals surface area contributed by atoms with Crippen LogP contribution < -0.4 is 0 Å². The van der Waals surface area contributed by atoms with Gasteiger partial charge >= 0.3 is 0 Å². The number of hydrogen-bond acceptors (Lipinski definition) is 4. The molecule has 0 heterocycles. The van der Waals surface area contributed by atoms with Crippen molar-refractivity contribution in [3.05, 3.63) is 23.3 Å². The highest BCUT2D eigenvalue weighted by Crippen LogP contribution is 2.24. The Balaban J connectivity index is 3.73. The average Bonchev–Trinajstić information content (AvgIpc) is 2.13. The number of hydrogen-bond donors (Lipinski definition) is 2. The molecule has 1 radical (unpaired) electrons. The quantitative estimate of drug-likeness (QED) is 0.772. The van der Waals surface area contributed by atoms with Crippen LogP contribution in [0.2, 0.25) is 0 Å². The molecule has 0 fully saturated rings. The van der Waals surface area contributed by atoms with Gasteiger partial charge in [0, 0.05) is 5.56 Å². The lowest BCUT2D eigenvalue weighted by Crippen LogP contribution is -2.08. The minimum absolute atomic E-state index is 0.0192. The maximum Gasteiger partial charge on any atom is 0.294 e. The van der Waals surface area contributed by atoms with Gasteiger partial charge in [-0.3, -0.25) is 9.11 Å². The van der Waals surface area contributed by atoms with Gasteiger partial charge in [0.25, 0.3) is 20.2 Å². The Bertz CT molecular complexity index is 643. The minimum atomic E-state index is -4.72. The average molecular weight is 281 g/mol. The number of benzene rings is 1. The summed E-state index contributed by atoms with van der Waals surface area (Å²) < 4.78 is 61.4. The van der Waals surface area contributed by atoms with Gasteiger partial charge in [-0.1, -0.05) is 6.07 Å². The minimum Gasteiger partial charge on any atom is -0.282 e. The van der Waals surface area contributed by atoms with E-state index in [1.54, 1.807) is 0 Å². The molecule has 95 valence electrons. The third kappa shape index (κ3) is 3.01. The molecule has 0 unspecified atom stereocenters. The summed E-state index contributed by atoms with van der Waals surface area (Å²) in [7, 11) is -9.34. The molecule has 0 saturated carbocycles. The van der Waals surface area contributed by atoms with Crippen LogP contribution in [0.25, 0.3) is 0 Å². The summed E-state index contributed by atoms with van der Waals surface area (Å²) in [5, 5.41) is 10.7. The second-order valence-corrected chi connectivity index (χ2v) is 6.10. The molecule has 0 aliphatic rings. The van der Waals surface area contributed by atoms with Crippen LogP contribution >= 0.6 is 0 Å². The van der Waals surface area contributed by atoms with Crippen molar-refractivity contribution in [1.29, 1.82) is 0 Å². The van der Waals surface area contributed by atoms with Crippen LogP contribution in [-0.4, -0.2) is 25.9 Å². The van der Waals surface area contributed by atoms with Crippen LogP contribution in [-0.2, 0) is 31.9 Å². The molecule has 1 aromatic rings. The second-order valence-electron chi connectivity index (χ2n) is 3.32. The first kappa shape index (κ1) is 14.1. The lowest BCUT2D eigenvalue weighted by atomic mass is 10.1. The Kier molecular flexibility index (Phi) is 3.60. The second kappa shape index (κ2) is 4.35. The topological polar surface area (TPSA) is 129 Å². The SMILES string of the molecule is Cc1cc(C[O])c(S(=O)(=O)O)cc1S(=O)(=O)O. The van der Waals surface area contributed by atoms with Crippen molar-refractivity contribution < 1.29 is 31.0 Å². The van der Waals surface area contributed by atoms with Crippen LogP contribution in [0.1, 0.15) is 11.1 Å². The normalized spacial score (nSPS) is 12.7. The fourth-order valence-electron chi connectivity index (χ4n) is 1.36.